The molecule has 0 aromatic heterocycles. The Bertz CT molecular complexity index is 264. The van der Waals surface area contributed by atoms with Gasteiger partial charge in [-0.1, -0.05) is 11.6 Å². The molecule has 3 atom stereocenters. The SMILES string of the molecule is NC1CC=C(CN2CC3CC2CS3)C1. The van der Waals surface area contributed by atoms with Crippen LogP contribution in [0.2, 0.25) is 0 Å². The van der Waals surface area contributed by atoms with Crippen molar-refractivity contribution in [2.45, 2.75) is 36.6 Å². The highest BCUT2D eigenvalue weighted by molar-refractivity contribution is 8.00. The summed E-state index contributed by atoms with van der Waals surface area (Å²) in [6.45, 7) is 2.53. The molecule has 0 aromatic carbocycles. The Balaban J connectivity index is 1.58. The van der Waals surface area contributed by atoms with E-state index in [2.05, 4.69) is 22.7 Å². The third-order valence-electron chi connectivity index (χ3n) is 3.65. The van der Waals surface area contributed by atoms with E-state index in [4.69, 9.17) is 5.73 Å². The van der Waals surface area contributed by atoms with Crippen molar-refractivity contribution >= 4 is 11.8 Å². The van der Waals surface area contributed by atoms with Crippen molar-refractivity contribution in [2.75, 3.05) is 18.8 Å². The quantitative estimate of drug-likeness (QED) is 0.695. The van der Waals surface area contributed by atoms with Crippen LogP contribution in [0.25, 0.3) is 0 Å². The van der Waals surface area contributed by atoms with Gasteiger partial charge in [-0.15, -0.1) is 0 Å². The monoisotopic (exact) mass is 210 g/mol. The molecule has 14 heavy (non-hydrogen) atoms. The number of fused-ring (bicyclic) bond motifs is 2. The molecule has 2 aliphatic heterocycles. The molecule has 78 valence electrons. The second kappa shape index (κ2) is 3.54. The molecule has 2 heterocycles. The van der Waals surface area contributed by atoms with Crippen molar-refractivity contribution in [3.05, 3.63) is 11.6 Å². The van der Waals surface area contributed by atoms with Crippen LogP contribution in [0.4, 0.5) is 0 Å². The number of rotatable bonds is 2. The standard InChI is InChI=1S/C11H18N2S/c12-9-2-1-8(3-9)5-13-6-11-4-10(13)7-14-11/h1,9-11H,2-7,12H2. The molecule has 3 unspecified atom stereocenters. The number of nitrogens with zero attached hydrogens (tertiary/aromatic N) is 1. The van der Waals surface area contributed by atoms with E-state index in [1.54, 1.807) is 5.57 Å². The summed E-state index contributed by atoms with van der Waals surface area (Å²) in [5.41, 5.74) is 7.49. The van der Waals surface area contributed by atoms with Crippen LogP contribution in [0.15, 0.2) is 11.6 Å². The maximum atomic E-state index is 5.90. The van der Waals surface area contributed by atoms with Crippen LogP contribution in [0.5, 0.6) is 0 Å². The first-order chi connectivity index (χ1) is 6.81. The minimum absolute atomic E-state index is 0.416. The van der Waals surface area contributed by atoms with Gasteiger partial charge in [-0.25, -0.2) is 0 Å². The third kappa shape index (κ3) is 1.62. The number of nitrogens with two attached hydrogens (primary N) is 1. The third-order valence-corrected chi connectivity index (χ3v) is 5.04. The van der Waals surface area contributed by atoms with Crippen LogP contribution >= 0.6 is 11.8 Å². The summed E-state index contributed by atoms with van der Waals surface area (Å²) < 4.78 is 0. The minimum atomic E-state index is 0.416. The van der Waals surface area contributed by atoms with Crippen molar-refractivity contribution in [3.63, 3.8) is 0 Å². The molecule has 2 bridgehead atoms. The molecule has 2 saturated heterocycles. The van der Waals surface area contributed by atoms with Crippen molar-refractivity contribution in [2.24, 2.45) is 5.73 Å². The van der Waals surface area contributed by atoms with E-state index in [-0.39, 0.29) is 0 Å². The van der Waals surface area contributed by atoms with Gasteiger partial charge in [0.05, 0.1) is 0 Å². The molecule has 0 saturated carbocycles. The number of hydrogen-bond donors (Lipinski definition) is 1. The Labute approximate surface area is 89.9 Å². The normalized spacial score (nSPS) is 42.1. The van der Waals surface area contributed by atoms with Gasteiger partial charge in [-0.05, 0) is 19.3 Å². The zero-order valence-corrected chi connectivity index (χ0v) is 9.30. The number of thioether (sulfide) groups is 1. The molecular formula is C11H18N2S. The summed E-state index contributed by atoms with van der Waals surface area (Å²) in [6.07, 6.45) is 6.04. The molecule has 3 aliphatic rings. The zero-order chi connectivity index (χ0) is 9.54. The van der Waals surface area contributed by atoms with Gasteiger partial charge >= 0.3 is 0 Å². The van der Waals surface area contributed by atoms with E-state index in [0.29, 0.717) is 6.04 Å². The molecule has 3 heteroatoms. The fourth-order valence-electron chi connectivity index (χ4n) is 2.88. The lowest BCUT2D eigenvalue weighted by molar-refractivity contribution is 0.290. The lowest BCUT2D eigenvalue weighted by Gasteiger charge is -2.26. The van der Waals surface area contributed by atoms with E-state index in [1.807, 2.05) is 0 Å². The lowest BCUT2D eigenvalue weighted by Crippen LogP contribution is -2.35. The summed E-state index contributed by atoms with van der Waals surface area (Å²) in [5, 5.41) is 0.940. The first-order valence-electron chi connectivity index (χ1n) is 5.60. The van der Waals surface area contributed by atoms with E-state index in [1.165, 1.54) is 25.3 Å². The van der Waals surface area contributed by atoms with Gasteiger partial charge in [-0.3, -0.25) is 4.90 Å². The fourth-order valence-corrected chi connectivity index (χ4v) is 4.38. The van der Waals surface area contributed by atoms with Crippen LogP contribution < -0.4 is 5.73 Å². The molecule has 0 amide bonds. The van der Waals surface area contributed by atoms with Gasteiger partial charge < -0.3 is 5.73 Å². The molecule has 2 N–H and O–H groups in total. The molecule has 3 rings (SSSR count). The second-order valence-electron chi connectivity index (χ2n) is 4.84. The topological polar surface area (TPSA) is 29.3 Å². The zero-order valence-electron chi connectivity index (χ0n) is 8.48. The van der Waals surface area contributed by atoms with Crippen molar-refractivity contribution < 1.29 is 0 Å². The van der Waals surface area contributed by atoms with Gasteiger partial charge in [0.1, 0.15) is 0 Å². The molecule has 2 nitrogen and oxygen atoms in total. The van der Waals surface area contributed by atoms with E-state index < -0.39 is 0 Å². The highest BCUT2D eigenvalue weighted by atomic mass is 32.2. The Kier molecular flexibility index (Phi) is 2.34. The van der Waals surface area contributed by atoms with Crippen molar-refractivity contribution in [3.8, 4) is 0 Å². The maximum Gasteiger partial charge on any atom is 0.0201 e. The average molecular weight is 210 g/mol. The Morgan fingerprint density at radius 2 is 2.50 bits per heavy atom. The Hall–Kier alpha value is 0.01000. The highest BCUT2D eigenvalue weighted by Crippen LogP contribution is 2.38. The van der Waals surface area contributed by atoms with Gasteiger partial charge in [0.15, 0.2) is 0 Å². The predicted molar refractivity (Wildman–Crippen MR) is 61.5 cm³/mol. The van der Waals surface area contributed by atoms with E-state index >= 15 is 0 Å². The predicted octanol–water partition coefficient (Wildman–Crippen LogP) is 1.22. The molecule has 0 radical (unpaired) electrons. The minimum Gasteiger partial charge on any atom is -0.327 e. The molecule has 0 spiro atoms. The van der Waals surface area contributed by atoms with Crippen molar-refractivity contribution in [1.29, 1.82) is 0 Å². The number of likely N-dealkylation sites (tertiary alicyclic amines) is 1. The summed E-state index contributed by atoms with van der Waals surface area (Å²) in [6, 6.07) is 1.29. The van der Waals surface area contributed by atoms with E-state index in [0.717, 1.165) is 24.1 Å². The average Bonchev–Trinajstić information content (AvgIpc) is 2.82. The summed E-state index contributed by atoms with van der Waals surface area (Å²) in [5.74, 6) is 1.37. The Morgan fingerprint density at radius 1 is 1.57 bits per heavy atom. The highest BCUT2D eigenvalue weighted by Gasteiger charge is 2.38. The first kappa shape index (κ1) is 9.25. The number of hydrogen-bond acceptors (Lipinski definition) is 3. The molecular weight excluding hydrogens is 192 g/mol. The molecule has 1 aliphatic carbocycles. The van der Waals surface area contributed by atoms with Gasteiger partial charge in [0.25, 0.3) is 0 Å². The molecule has 0 aromatic rings. The fraction of sp³-hybridized carbons (Fsp3) is 0.818. The molecule has 2 fully saturated rings. The van der Waals surface area contributed by atoms with Crippen LogP contribution in [0, 0.1) is 0 Å². The maximum absolute atomic E-state index is 5.90. The van der Waals surface area contributed by atoms with Gasteiger partial charge in [0.2, 0.25) is 0 Å². The smallest absolute Gasteiger partial charge is 0.0201 e. The second-order valence-corrected chi connectivity index (χ2v) is 6.17. The van der Waals surface area contributed by atoms with Crippen LogP contribution in [0.1, 0.15) is 19.3 Å². The van der Waals surface area contributed by atoms with Crippen molar-refractivity contribution in [1.82, 2.24) is 4.90 Å². The summed E-state index contributed by atoms with van der Waals surface area (Å²) in [7, 11) is 0. The van der Waals surface area contributed by atoms with Crippen LogP contribution in [-0.4, -0.2) is 41.1 Å². The van der Waals surface area contributed by atoms with Crippen LogP contribution in [0.3, 0.4) is 0 Å². The van der Waals surface area contributed by atoms with Gasteiger partial charge in [0, 0.05) is 36.2 Å². The van der Waals surface area contributed by atoms with E-state index in [9.17, 15) is 0 Å². The van der Waals surface area contributed by atoms with Gasteiger partial charge in [-0.2, -0.15) is 11.8 Å². The summed E-state index contributed by atoms with van der Waals surface area (Å²) >= 11 is 2.17. The lowest BCUT2D eigenvalue weighted by atomic mass is 10.2. The largest absolute Gasteiger partial charge is 0.327 e. The van der Waals surface area contributed by atoms with Crippen LogP contribution in [-0.2, 0) is 0 Å². The summed E-state index contributed by atoms with van der Waals surface area (Å²) in [4.78, 5) is 2.67. The Morgan fingerprint density at radius 3 is 3.07 bits per heavy atom. The first-order valence-corrected chi connectivity index (χ1v) is 6.65.